The summed E-state index contributed by atoms with van der Waals surface area (Å²) >= 11 is 0. The predicted molar refractivity (Wildman–Crippen MR) is 54.4 cm³/mol. The summed E-state index contributed by atoms with van der Waals surface area (Å²) in [6.07, 6.45) is 4.32. The molecule has 84 valence electrons. The van der Waals surface area contributed by atoms with Gasteiger partial charge in [0.05, 0.1) is 0 Å². The molecule has 1 fully saturated rings. The van der Waals surface area contributed by atoms with E-state index in [1.165, 1.54) is 0 Å². The second kappa shape index (κ2) is 4.13. The maximum absolute atomic E-state index is 14.0. The molecule has 1 rings (SSSR count). The fraction of sp³-hybridized carbons (Fsp3) is 1.00. The van der Waals surface area contributed by atoms with Gasteiger partial charge < -0.3 is 5.73 Å². The molecule has 14 heavy (non-hydrogen) atoms. The van der Waals surface area contributed by atoms with Crippen molar-refractivity contribution in [2.24, 2.45) is 17.1 Å². The molecule has 0 saturated heterocycles. The molecule has 0 aromatic carbocycles. The van der Waals surface area contributed by atoms with E-state index in [9.17, 15) is 8.78 Å². The molecule has 1 saturated carbocycles. The van der Waals surface area contributed by atoms with Gasteiger partial charge in [-0.3, -0.25) is 0 Å². The highest BCUT2D eigenvalue weighted by atomic mass is 19.3. The molecule has 0 aliphatic heterocycles. The van der Waals surface area contributed by atoms with E-state index in [0.717, 1.165) is 19.3 Å². The first-order valence-electron chi connectivity index (χ1n) is 5.49. The molecule has 1 aliphatic carbocycles. The minimum Gasteiger partial charge on any atom is -0.330 e. The number of hydrogen-bond acceptors (Lipinski definition) is 1. The van der Waals surface area contributed by atoms with Crippen LogP contribution in [0, 0.1) is 11.3 Å². The average Bonchev–Trinajstić information content (AvgIpc) is 2.19. The van der Waals surface area contributed by atoms with Crippen LogP contribution in [-0.2, 0) is 0 Å². The monoisotopic (exact) mass is 205 g/mol. The lowest BCUT2D eigenvalue weighted by Crippen LogP contribution is -2.48. The van der Waals surface area contributed by atoms with Crippen molar-refractivity contribution in [2.75, 3.05) is 6.54 Å². The molecule has 0 aromatic heterocycles. The summed E-state index contributed by atoms with van der Waals surface area (Å²) in [5.74, 6) is -3.06. The Morgan fingerprint density at radius 3 is 2.07 bits per heavy atom. The Labute approximate surface area is 85.1 Å². The van der Waals surface area contributed by atoms with Crippen LogP contribution in [0.5, 0.6) is 0 Å². The Bertz CT molecular complexity index is 184. The third-order valence-electron chi connectivity index (χ3n) is 3.53. The highest BCUT2D eigenvalue weighted by Gasteiger charge is 2.51. The second-order valence-electron chi connectivity index (χ2n) is 5.05. The molecule has 1 aliphatic rings. The van der Waals surface area contributed by atoms with E-state index in [4.69, 9.17) is 5.73 Å². The van der Waals surface area contributed by atoms with Crippen molar-refractivity contribution in [1.29, 1.82) is 0 Å². The van der Waals surface area contributed by atoms with Gasteiger partial charge in [0.1, 0.15) is 0 Å². The molecule has 0 spiro atoms. The van der Waals surface area contributed by atoms with E-state index < -0.39 is 17.3 Å². The number of nitrogens with two attached hydrogens (primary N) is 1. The van der Waals surface area contributed by atoms with Gasteiger partial charge in [0.2, 0.25) is 0 Å². The lowest BCUT2D eigenvalue weighted by atomic mass is 9.73. The standard InChI is InChI=1S/C11H21F2N/c1-10(2,8-14)11(12,13)9-6-4-3-5-7-9/h9H,3-8,14H2,1-2H3. The minimum absolute atomic E-state index is 0.0521. The fourth-order valence-corrected chi connectivity index (χ4v) is 2.15. The Hall–Kier alpha value is -0.180. The van der Waals surface area contributed by atoms with Crippen LogP contribution >= 0.6 is 0 Å². The summed E-state index contributed by atoms with van der Waals surface area (Å²) in [5.41, 5.74) is 4.36. The maximum atomic E-state index is 14.0. The van der Waals surface area contributed by atoms with Crippen LogP contribution in [0.15, 0.2) is 0 Å². The topological polar surface area (TPSA) is 26.0 Å². The van der Waals surface area contributed by atoms with Gasteiger partial charge in [0, 0.05) is 17.9 Å². The summed E-state index contributed by atoms with van der Waals surface area (Å²) in [7, 11) is 0. The van der Waals surface area contributed by atoms with Crippen molar-refractivity contribution in [3.63, 3.8) is 0 Å². The van der Waals surface area contributed by atoms with E-state index in [1.54, 1.807) is 13.8 Å². The van der Waals surface area contributed by atoms with Gasteiger partial charge in [0.25, 0.3) is 5.92 Å². The van der Waals surface area contributed by atoms with E-state index in [1.807, 2.05) is 0 Å². The summed E-state index contributed by atoms with van der Waals surface area (Å²) in [5, 5.41) is 0. The summed E-state index contributed by atoms with van der Waals surface area (Å²) in [6, 6.07) is 0. The van der Waals surface area contributed by atoms with Gasteiger partial charge in [-0.2, -0.15) is 0 Å². The van der Waals surface area contributed by atoms with Gasteiger partial charge in [-0.1, -0.05) is 33.1 Å². The number of alkyl halides is 2. The molecule has 0 aromatic rings. The zero-order valence-electron chi connectivity index (χ0n) is 9.15. The SMILES string of the molecule is CC(C)(CN)C(F)(F)C1CCCCC1. The summed E-state index contributed by atoms with van der Waals surface area (Å²) in [6.45, 7) is 3.19. The molecular weight excluding hydrogens is 184 g/mol. The van der Waals surface area contributed by atoms with Crippen molar-refractivity contribution in [3.8, 4) is 0 Å². The minimum atomic E-state index is -2.61. The zero-order chi connectivity index (χ0) is 10.8. The number of halogens is 2. The van der Waals surface area contributed by atoms with Crippen molar-refractivity contribution in [1.82, 2.24) is 0 Å². The normalized spacial score (nSPS) is 21.2. The molecule has 3 heteroatoms. The largest absolute Gasteiger partial charge is 0.330 e. The van der Waals surface area contributed by atoms with Crippen LogP contribution in [0.1, 0.15) is 46.0 Å². The zero-order valence-corrected chi connectivity index (χ0v) is 9.15. The molecule has 2 N–H and O–H groups in total. The summed E-state index contributed by atoms with van der Waals surface area (Å²) < 4.78 is 28.0. The molecule has 0 atom stereocenters. The third kappa shape index (κ3) is 2.08. The predicted octanol–water partition coefficient (Wildman–Crippen LogP) is 3.19. The van der Waals surface area contributed by atoms with Gasteiger partial charge >= 0.3 is 0 Å². The van der Waals surface area contributed by atoms with Crippen molar-refractivity contribution in [2.45, 2.75) is 51.9 Å². The van der Waals surface area contributed by atoms with Gasteiger partial charge in [-0.15, -0.1) is 0 Å². The van der Waals surface area contributed by atoms with E-state index >= 15 is 0 Å². The average molecular weight is 205 g/mol. The third-order valence-corrected chi connectivity index (χ3v) is 3.53. The first-order valence-corrected chi connectivity index (χ1v) is 5.49. The van der Waals surface area contributed by atoms with Crippen LogP contribution in [0.4, 0.5) is 8.78 Å². The highest BCUT2D eigenvalue weighted by Crippen LogP contribution is 2.46. The van der Waals surface area contributed by atoms with Crippen LogP contribution < -0.4 is 5.73 Å². The quantitative estimate of drug-likeness (QED) is 0.752. The Morgan fingerprint density at radius 1 is 1.14 bits per heavy atom. The molecule has 1 nitrogen and oxygen atoms in total. The maximum Gasteiger partial charge on any atom is 0.257 e. The second-order valence-corrected chi connectivity index (χ2v) is 5.05. The molecule has 0 amide bonds. The number of hydrogen-bond donors (Lipinski definition) is 1. The van der Waals surface area contributed by atoms with E-state index in [2.05, 4.69) is 0 Å². The van der Waals surface area contributed by atoms with Gasteiger partial charge in [-0.25, -0.2) is 8.78 Å². The van der Waals surface area contributed by atoms with E-state index in [0.29, 0.717) is 12.8 Å². The van der Waals surface area contributed by atoms with Gasteiger partial charge in [-0.05, 0) is 12.8 Å². The highest BCUT2D eigenvalue weighted by molar-refractivity contribution is 4.92. The summed E-state index contributed by atoms with van der Waals surface area (Å²) in [4.78, 5) is 0. The van der Waals surface area contributed by atoms with Crippen molar-refractivity contribution >= 4 is 0 Å². The van der Waals surface area contributed by atoms with Crippen LogP contribution in [0.25, 0.3) is 0 Å². The van der Waals surface area contributed by atoms with Crippen LogP contribution in [0.2, 0.25) is 0 Å². The molecular formula is C11H21F2N. The first kappa shape index (κ1) is 11.9. The first-order chi connectivity index (χ1) is 6.42. The molecule has 0 unspecified atom stereocenters. The smallest absolute Gasteiger partial charge is 0.257 e. The Kier molecular flexibility index (Phi) is 3.51. The van der Waals surface area contributed by atoms with Crippen molar-refractivity contribution in [3.05, 3.63) is 0 Å². The molecule has 0 heterocycles. The Balaban J connectivity index is 2.71. The van der Waals surface area contributed by atoms with E-state index in [-0.39, 0.29) is 6.54 Å². The van der Waals surface area contributed by atoms with Gasteiger partial charge in [0.15, 0.2) is 0 Å². The lowest BCUT2D eigenvalue weighted by molar-refractivity contribution is -0.154. The van der Waals surface area contributed by atoms with Crippen molar-refractivity contribution < 1.29 is 8.78 Å². The molecule has 0 bridgehead atoms. The van der Waals surface area contributed by atoms with Crippen LogP contribution in [0.3, 0.4) is 0 Å². The number of rotatable bonds is 3. The Morgan fingerprint density at radius 2 is 1.64 bits per heavy atom. The molecule has 0 radical (unpaired) electrons. The fourth-order valence-electron chi connectivity index (χ4n) is 2.15. The lowest BCUT2D eigenvalue weighted by Gasteiger charge is -2.40. The van der Waals surface area contributed by atoms with Crippen LogP contribution in [-0.4, -0.2) is 12.5 Å².